The van der Waals surface area contributed by atoms with Crippen LogP contribution >= 0.6 is 0 Å². The van der Waals surface area contributed by atoms with Crippen LogP contribution in [0, 0.1) is 11.9 Å². The normalized spacial score (nSPS) is 18.1. The molecule has 1 fully saturated rings. The van der Waals surface area contributed by atoms with Crippen LogP contribution in [0.25, 0.3) is 0 Å². The van der Waals surface area contributed by atoms with Crippen LogP contribution in [0.1, 0.15) is 13.8 Å². The van der Waals surface area contributed by atoms with E-state index in [1.54, 1.807) is 0 Å². The summed E-state index contributed by atoms with van der Waals surface area (Å²) in [5, 5.41) is 0. The molecule has 0 amide bonds. The fourth-order valence-corrected chi connectivity index (χ4v) is 1.65. The fraction of sp³-hybridized carbons (Fsp3) is 0.800. The highest BCUT2D eigenvalue weighted by Gasteiger charge is 2.29. The van der Waals surface area contributed by atoms with Crippen molar-refractivity contribution in [2.24, 2.45) is 0 Å². The molecule has 1 aliphatic heterocycles. The molecular weight excluding hydrogens is 173 g/mol. The smallest absolute Gasteiger partial charge is 0.334 e. The van der Waals surface area contributed by atoms with Gasteiger partial charge in [0.2, 0.25) is 0 Å². The number of likely N-dealkylation sites (N-methyl/N-ethyl adjacent to an activating group) is 2. The van der Waals surface area contributed by atoms with Gasteiger partial charge in [0.25, 0.3) is 0 Å². The predicted octanol–water partition coefficient (Wildman–Crippen LogP) is 0.194. The summed E-state index contributed by atoms with van der Waals surface area (Å²) in [6.07, 6.45) is 0. The average Bonchev–Trinajstić information content (AvgIpc) is 2.50. The zero-order chi connectivity index (χ0) is 10.6. The monoisotopic (exact) mass is 193 g/mol. The van der Waals surface area contributed by atoms with Crippen LogP contribution in [0.5, 0.6) is 0 Å². The molecule has 1 aliphatic rings. The molecule has 3 nitrogen and oxygen atoms in total. The summed E-state index contributed by atoms with van der Waals surface area (Å²) in [6, 6.07) is 3.22. The van der Waals surface area contributed by atoms with Crippen molar-refractivity contribution in [1.82, 2.24) is 14.5 Å². The van der Waals surface area contributed by atoms with E-state index in [1.807, 2.05) is 0 Å². The molecule has 14 heavy (non-hydrogen) atoms. The van der Waals surface area contributed by atoms with Gasteiger partial charge in [0.05, 0.1) is 0 Å². The predicted molar refractivity (Wildman–Crippen MR) is 61.7 cm³/mol. The second-order valence-corrected chi connectivity index (χ2v) is 3.76. The molecule has 0 bridgehead atoms. The van der Waals surface area contributed by atoms with Crippen molar-refractivity contribution in [3.05, 3.63) is 0 Å². The van der Waals surface area contributed by atoms with E-state index < -0.39 is 0 Å². The van der Waals surface area contributed by atoms with Crippen LogP contribution in [0.15, 0.2) is 0 Å². The van der Waals surface area contributed by atoms with Gasteiger partial charge in [-0.25, -0.2) is 0 Å². The highest BCUT2D eigenvalue weighted by atomic mass is 15.3. The van der Waals surface area contributed by atoms with E-state index in [0.717, 1.165) is 26.2 Å². The number of hydrogen-bond acceptors (Lipinski definition) is 3. The Labute approximate surface area is 88.2 Å². The molecule has 0 saturated carbocycles. The van der Waals surface area contributed by atoms with E-state index >= 15 is 0 Å². The molecule has 0 aromatic carbocycles. The lowest BCUT2D eigenvalue weighted by Gasteiger charge is -2.15. The van der Waals surface area contributed by atoms with Crippen LogP contribution in [0.3, 0.4) is 0 Å². The second-order valence-electron chi connectivity index (χ2n) is 3.76. The molecular formula is C10H20BN3. The molecule has 0 aliphatic carbocycles. The quantitative estimate of drug-likeness (QED) is 0.352. The molecule has 78 valence electrons. The first kappa shape index (κ1) is 11.4. The Kier molecular flexibility index (Phi) is 4.31. The third-order valence-corrected chi connectivity index (χ3v) is 2.76. The van der Waals surface area contributed by atoms with Gasteiger partial charge < -0.3 is 14.5 Å². The van der Waals surface area contributed by atoms with Crippen LogP contribution in [-0.2, 0) is 0 Å². The second kappa shape index (κ2) is 5.28. The summed E-state index contributed by atoms with van der Waals surface area (Å²) >= 11 is 0. The molecule has 1 heterocycles. The van der Waals surface area contributed by atoms with Gasteiger partial charge in [0, 0.05) is 26.2 Å². The Balaban J connectivity index is 2.56. The SMILES string of the molecule is CCN(C#CB1N(C)CCN1C)CC. The van der Waals surface area contributed by atoms with Crippen LogP contribution in [0.2, 0.25) is 0 Å². The van der Waals surface area contributed by atoms with Crippen molar-refractivity contribution in [3.63, 3.8) is 0 Å². The lowest BCUT2D eigenvalue weighted by Crippen LogP contribution is -2.39. The maximum absolute atomic E-state index is 3.31. The van der Waals surface area contributed by atoms with E-state index in [1.165, 1.54) is 0 Å². The van der Waals surface area contributed by atoms with Gasteiger partial charge in [0.1, 0.15) is 0 Å². The number of rotatable bonds is 2. The Bertz CT molecular complexity index is 219. The Morgan fingerprint density at radius 3 is 2.07 bits per heavy atom. The highest BCUT2D eigenvalue weighted by Crippen LogP contribution is 2.04. The minimum absolute atomic E-state index is 0.301. The molecule has 0 atom stereocenters. The Morgan fingerprint density at radius 2 is 1.64 bits per heavy atom. The van der Waals surface area contributed by atoms with Crippen LogP contribution in [-0.4, -0.2) is 61.8 Å². The molecule has 0 radical (unpaired) electrons. The zero-order valence-corrected chi connectivity index (χ0v) is 9.75. The number of hydrogen-bond donors (Lipinski definition) is 0. The van der Waals surface area contributed by atoms with Crippen molar-refractivity contribution in [2.75, 3.05) is 40.3 Å². The summed E-state index contributed by atoms with van der Waals surface area (Å²) in [4.78, 5) is 6.72. The van der Waals surface area contributed by atoms with Crippen LogP contribution < -0.4 is 0 Å². The average molecular weight is 193 g/mol. The molecule has 0 N–H and O–H groups in total. The first-order chi connectivity index (χ1) is 6.69. The summed E-state index contributed by atoms with van der Waals surface area (Å²) in [6.45, 7) is 8.83. The van der Waals surface area contributed by atoms with Gasteiger partial charge >= 0.3 is 6.98 Å². The minimum Gasteiger partial charge on any atom is -0.334 e. The van der Waals surface area contributed by atoms with E-state index in [2.05, 4.69) is 54.3 Å². The lowest BCUT2D eigenvalue weighted by atomic mass is 9.76. The maximum Gasteiger partial charge on any atom is 0.401 e. The standard InChI is InChI=1S/C10H20BN3/c1-5-14(6-2)8-7-11-12(3)9-10-13(11)4/h5-6,9-10H2,1-4H3. The first-order valence-corrected chi connectivity index (χ1v) is 5.35. The topological polar surface area (TPSA) is 9.72 Å². The third kappa shape index (κ3) is 2.66. The van der Waals surface area contributed by atoms with E-state index in [9.17, 15) is 0 Å². The van der Waals surface area contributed by atoms with Crippen molar-refractivity contribution in [1.29, 1.82) is 0 Å². The fourth-order valence-electron chi connectivity index (χ4n) is 1.65. The summed E-state index contributed by atoms with van der Waals surface area (Å²) < 4.78 is 0. The van der Waals surface area contributed by atoms with Gasteiger partial charge in [0.15, 0.2) is 0 Å². The molecule has 0 aromatic rings. The molecule has 4 heteroatoms. The van der Waals surface area contributed by atoms with Gasteiger partial charge in [-0.3, -0.25) is 0 Å². The number of nitrogens with zero attached hydrogens (tertiary/aromatic N) is 3. The summed E-state index contributed by atoms with van der Waals surface area (Å²) in [5.74, 6) is 3.31. The molecule has 0 unspecified atom stereocenters. The Morgan fingerprint density at radius 1 is 1.14 bits per heavy atom. The zero-order valence-electron chi connectivity index (χ0n) is 9.75. The third-order valence-electron chi connectivity index (χ3n) is 2.76. The maximum atomic E-state index is 3.31. The first-order valence-electron chi connectivity index (χ1n) is 5.35. The lowest BCUT2D eigenvalue weighted by molar-refractivity contribution is 0.444. The van der Waals surface area contributed by atoms with Crippen molar-refractivity contribution in [3.8, 4) is 11.9 Å². The van der Waals surface area contributed by atoms with Gasteiger partial charge in [-0.1, -0.05) is 5.82 Å². The minimum atomic E-state index is 0.301. The largest absolute Gasteiger partial charge is 0.401 e. The molecule has 0 spiro atoms. The van der Waals surface area contributed by atoms with Gasteiger partial charge in [-0.05, 0) is 34.0 Å². The van der Waals surface area contributed by atoms with Crippen molar-refractivity contribution >= 4 is 6.98 Å². The highest BCUT2D eigenvalue weighted by molar-refractivity contribution is 6.62. The molecule has 0 aromatic heterocycles. The van der Waals surface area contributed by atoms with E-state index in [0.29, 0.717) is 6.98 Å². The Hall–Kier alpha value is -0.655. The van der Waals surface area contributed by atoms with Gasteiger partial charge in [-0.2, -0.15) is 0 Å². The van der Waals surface area contributed by atoms with Crippen LogP contribution in [0.4, 0.5) is 0 Å². The summed E-state index contributed by atoms with van der Waals surface area (Å²) in [5.41, 5.74) is 0. The summed E-state index contributed by atoms with van der Waals surface area (Å²) in [7, 11) is 4.26. The van der Waals surface area contributed by atoms with Gasteiger partial charge in [-0.15, -0.1) is 0 Å². The van der Waals surface area contributed by atoms with Crippen molar-refractivity contribution in [2.45, 2.75) is 13.8 Å². The van der Waals surface area contributed by atoms with E-state index in [-0.39, 0.29) is 0 Å². The molecule has 1 saturated heterocycles. The molecule has 1 rings (SSSR count). The van der Waals surface area contributed by atoms with E-state index in [4.69, 9.17) is 0 Å². The van der Waals surface area contributed by atoms with Crippen molar-refractivity contribution < 1.29 is 0 Å².